The number of aliphatic hydroxyl groups is 1. The maximum absolute atomic E-state index is 13.4. The van der Waals surface area contributed by atoms with Crippen molar-refractivity contribution in [3.63, 3.8) is 0 Å². The van der Waals surface area contributed by atoms with Crippen molar-refractivity contribution < 1.29 is 19.4 Å². The van der Waals surface area contributed by atoms with Gasteiger partial charge in [0.1, 0.15) is 11.5 Å². The van der Waals surface area contributed by atoms with Gasteiger partial charge in [-0.2, -0.15) is 0 Å². The molecule has 35 heavy (non-hydrogen) atoms. The topological polar surface area (TPSA) is 66.8 Å². The van der Waals surface area contributed by atoms with Gasteiger partial charge >= 0.3 is 0 Å². The molecule has 5 nitrogen and oxygen atoms in total. The van der Waals surface area contributed by atoms with Gasteiger partial charge in [0.25, 0.3) is 11.7 Å². The van der Waals surface area contributed by atoms with Crippen molar-refractivity contribution in [3.8, 4) is 5.75 Å². The predicted molar refractivity (Wildman–Crippen MR) is 139 cm³/mol. The SMILES string of the molecule is COc1ccccc1C1/C(=C(\O)c2ccc(C)c(C)c2)C(=O)C(=O)N1c1ccc(C(C)(C)C)cc1. The minimum atomic E-state index is -0.840. The third-order valence-electron chi connectivity index (χ3n) is 6.67. The molecule has 1 heterocycles. The summed E-state index contributed by atoms with van der Waals surface area (Å²) in [5.74, 6) is -1.08. The first-order chi connectivity index (χ1) is 16.5. The van der Waals surface area contributed by atoms with Crippen LogP contribution in [0.25, 0.3) is 5.76 Å². The van der Waals surface area contributed by atoms with E-state index >= 15 is 0 Å². The third-order valence-corrected chi connectivity index (χ3v) is 6.67. The molecule has 1 atom stereocenters. The Morgan fingerprint density at radius 2 is 1.57 bits per heavy atom. The number of nitrogens with zero attached hydrogens (tertiary/aromatic N) is 1. The van der Waals surface area contributed by atoms with Gasteiger partial charge in [-0.25, -0.2) is 0 Å². The summed E-state index contributed by atoms with van der Waals surface area (Å²) in [5, 5.41) is 11.4. The van der Waals surface area contributed by atoms with Gasteiger partial charge in [0.2, 0.25) is 0 Å². The monoisotopic (exact) mass is 469 g/mol. The van der Waals surface area contributed by atoms with Crippen LogP contribution in [0, 0.1) is 13.8 Å². The average Bonchev–Trinajstić information content (AvgIpc) is 3.10. The van der Waals surface area contributed by atoms with Crippen LogP contribution in [-0.4, -0.2) is 23.9 Å². The van der Waals surface area contributed by atoms with Crippen LogP contribution in [0.1, 0.15) is 54.6 Å². The van der Waals surface area contributed by atoms with Crippen molar-refractivity contribution in [2.75, 3.05) is 12.0 Å². The fourth-order valence-electron chi connectivity index (χ4n) is 4.45. The van der Waals surface area contributed by atoms with E-state index in [0.29, 0.717) is 22.6 Å². The summed E-state index contributed by atoms with van der Waals surface area (Å²) in [4.78, 5) is 28.3. The number of benzene rings is 3. The molecular weight excluding hydrogens is 438 g/mol. The molecule has 1 aliphatic heterocycles. The Morgan fingerprint density at radius 1 is 0.914 bits per heavy atom. The molecule has 0 aliphatic carbocycles. The number of aryl methyl sites for hydroxylation is 2. The number of Topliss-reactive ketones (excluding diaryl/α,β-unsaturated/α-hetero) is 1. The maximum atomic E-state index is 13.4. The highest BCUT2D eigenvalue weighted by atomic mass is 16.5. The summed E-state index contributed by atoms with van der Waals surface area (Å²) < 4.78 is 5.59. The number of hydrogen-bond acceptors (Lipinski definition) is 4. The zero-order valence-corrected chi connectivity index (χ0v) is 21.0. The summed E-state index contributed by atoms with van der Waals surface area (Å²) >= 11 is 0. The number of carbonyl (C=O) groups is 2. The Kier molecular flexibility index (Phi) is 6.28. The van der Waals surface area contributed by atoms with E-state index in [1.54, 1.807) is 19.2 Å². The lowest BCUT2D eigenvalue weighted by Crippen LogP contribution is -2.29. The van der Waals surface area contributed by atoms with Gasteiger partial charge in [0.15, 0.2) is 0 Å². The highest BCUT2D eigenvalue weighted by Crippen LogP contribution is 2.45. The molecule has 3 aromatic rings. The second kappa shape index (κ2) is 9.06. The minimum absolute atomic E-state index is 0.0441. The number of methoxy groups -OCH3 is 1. The van der Waals surface area contributed by atoms with Crippen molar-refractivity contribution in [1.29, 1.82) is 0 Å². The minimum Gasteiger partial charge on any atom is -0.507 e. The Morgan fingerprint density at radius 3 is 2.17 bits per heavy atom. The van der Waals surface area contributed by atoms with E-state index in [4.69, 9.17) is 4.74 Å². The lowest BCUT2D eigenvalue weighted by Gasteiger charge is -2.27. The van der Waals surface area contributed by atoms with E-state index in [0.717, 1.165) is 16.7 Å². The number of aliphatic hydroxyl groups excluding tert-OH is 1. The normalized spacial score (nSPS) is 17.7. The first-order valence-electron chi connectivity index (χ1n) is 11.7. The molecule has 180 valence electrons. The quantitative estimate of drug-likeness (QED) is 0.279. The molecule has 1 unspecified atom stereocenters. The van der Waals surface area contributed by atoms with Gasteiger partial charge in [-0.15, -0.1) is 0 Å². The molecule has 1 amide bonds. The summed E-state index contributed by atoms with van der Waals surface area (Å²) in [6.07, 6.45) is 0. The van der Waals surface area contributed by atoms with E-state index in [9.17, 15) is 14.7 Å². The zero-order chi connectivity index (χ0) is 25.5. The Labute approximate surface area is 206 Å². The van der Waals surface area contributed by atoms with Crippen LogP contribution in [0.5, 0.6) is 5.75 Å². The Bertz CT molecular complexity index is 1330. The molecule has 1 aliphatic rings. The van der Waals surface area contributed by atoms with Crippen LogP contribution in [0.2, 0.25) is 0 Å². The molecule has 0 bridgehead atoms. The van der Waals surface area contributed by atoms with Crippen LogP contribution >= 0.6 is 0 Å². The molecule has 0 saturated carbocycles. The molecule has 4 rings (SSSR count). The highest BCUT2D eigenvalue weighted by Gasteiger charge is 2.48. The second-order valence-electron chi connectivity index (χ2n) is 10.0. The van der Waals surface area contributed by atoms with Gasteiger partial charge in [-0.05, 0) is 60.2 Å². The molecule has 1 fully saturated rings. The molecule has 5 heteroatoms. The molecule has 3 aromatic carbocycles. The molecule has 0 radical (unpaired) electrons. The predicted octanol–water partition coefficient (Wildman–Crippen LogP) is 6.24. The fourth-order valence-corrected chi connectivity index (χ4v) is 4.45. The van der Waals surface area contributed by atoms with Crippen molar-refractivity contribution in [3.05, 3.63) is 100 Å². The molecule has 0 spiro atoms. The first-order valence-corrected chi connectivity index (χ1v) is 11.7. The smallest absolute Gasteiger partial charge is 0.300 e. The number of anilines is 1. The van der Waals surface area contributed by atoms with E-state index < -0.39 is 17.7 Å². The van der Waals surface area contributed by atoms with Crippen molar-refractivity contribution >= 4 is 23.1 Å². The van der Waals surface area contributed by atoms with Crippen LogP contribution in [0.15, 0.2) is 72.3 Å². The van der Waals surface area contributed by atoms with E-state index in [1.165, 1.54) is 4.90 Å². The Balaban J connectivity index is 1.95. The molecular formula is C30H31NO4. The van der Waals surface area contributed by atoms with Crippen molar-refractivity contribution in [2.45, 2.75) is 46.1 Å². The van der Waals surface area contributed by atoms with E-state index in [2.05, 4.69) is 20.8 Å². The lowest BCUT2D eigenvalue weighted by molar-refractivity contribution is -0.132. The van der Waals surface area contributed by atoms with Gasteiger partial charge in [-0.1, -0.05) is 63.2 Å². The standard InChI is InChI=1S/C30H31NO4/c1-18-11-12-20(17-19(18)2)27(32)25-26(23-9-7-8-10-24(23)35-6)31(29(34)28(25)33)22-15-13-21(14-16-22)30(3,4)5/h7-17,26,32H,1-6H3/b27-25+. The molecule has 1 saturated heterocycles. The largest absolute Gasteiger partial charge is 0.507 e. The van der Waals surface area contributed by atoms with Gasteiger partial charge in [0.05, 0.1) is 18.7 Å². The van der Waals surface area contributed by atoms with Crippen LogP contribution in [0.4, 0.5) is 5.69 Å². The van der Waals surface area contributed by atoms with Crippen molar-refractivity contribution in [1.82, 2.24) is 0 Å². The lowest BCUT2D eigenvalue weighted by atomic mass is 9.87. The number of carbonyl (C=O) groups excluding carboxylic acids is 2. The number of amides is 1. The molecule has 0 aromatic heterocycles. The number of hydrogen-bond donors (Lipinski definition) is 1. The second-order valence-corrected chi connectivity index (χ2v) is 10.0. The fraction of sp³-hybridized carbons (Fsp3) is 0.267. The number of ketones is 1. The van der Waals surface area contributed by atoms with Crippen LogP contribution < -0.4 is 9.64 Å². The Hall–Kier alpha value is -3.86. The average molecular weight is 470 g/mol. The van der Waals surface area contributed by atoms with Gasteiger partial charge < -0.3 is 9.84 Å². The van der Waals surface area contributed by atoms with Gasteiger partial charge in [-0.3, -0.25) is 14.5 Å². The van der Waals surface area contributed by atoms with Crippen LogP contribution in [0.3, 0.4) is 0 Å². The number of para-hydroxylation sites is 1. The first kappa shape index (κ1) is 24.3. The van der Waals surface area contributed by atoms with E-state index in [1.807, 2.05) is 68.4 Å². The summed E-state index contributed by atoms with van der Waals surface area (Å²) in [7, 11) is 1.55. The highest BCUT2D eigenvalue weighted by molar-refractivity contribution is 6.51. The number of ether oxygens (including phenoxy) is 1. The summed E-state index contributed by atoms with van der Waals surface area (Å²) in [6, 6.07) is 19.6. The summed E-state index contributed by atoms with van der Waals surface area (Å²) in [5.41, 5.74) is 4.85. The van der Waals surface area contributed by atoms with E-state index in [-0.39, 0.29) is 16.7 Å². The zero-order valence-electron chi connectivity index (χ0n) is 21.0. The number of rotatable bonds is 4. The molecule has 1 N–H and O–H groups in total. The van der Waals surface area contributed by atoms with Gasteiger partial charge in [0, 0.05) is 16.8 Å². The maximum Gasteiger partial charge on any atom is 0.300 e. The third kappa shape index (κ3) is 4.34. The van der Waals surface area contributed by atoms with Crippen LogP contribution in [-0.2, 0) is 15.0 Å². The van der Waals surface area contributed by atoms with Crippen molar-refractivity contribution in [2.24, 2.45) is 0 Å². The summed E-state index contributed by atoms with van der Waals surface area (Å²) in [6.45, 7) is 10.3.